The lowest BCUT2D eigenvalue weighted by Gasteiger charge is -2.23. The van der Waals surface area contributed by atoms with E-state index in [0.29, 0.717) is 34.8 Å². The molecule has 0 saturated carbocycles. The molecule has 0 bridgehead atoms. The number of Topliss-reactive ketones (excluding diaryl/α,β-unsaturated/α-hetero) is 1. The van der Waals surface area contributed by atoms with Gasteiger partial charge < -0.3 is 19.9 Å². The maximum Gasteiger partial charge on any atom is 0.268 e. The van der Waals surface area contributed by atoms with Crippen LogP contribution < -0.4 is 15.2 Å². The SMILES string of the molecule is NC(=O)c1cc2cc(Cl)ccc2cc1OCC(=O)c1cn(S(=O)(=O)c2ccccc2)c2cc(OC3CCOCC3)ccc12. The fourth-order valence-corrected chi connectivity index (χ4v) is 6.71. The van der Waals surface area contributed by atoms with E-state index < -0.39 is 28.3 Å². The quantitative estimate of drug-likeness (QED) is 0.213. The molecular formula is C32H27ClN2O7S. The fraction of sp³-hybridized carbons (Fsp3) is 0.188. The highest BCUT2D eigenvalue weighted by atomic mass is 35.5. The molecule has 0 atom stereocenters. The molecule has 1 fully saturated rings. The van der Waals surface area contributed by atoms with Gasteiger partial charge in [0, 0.05) is 41.1 Å². The van der Waals surface area contributed by atoms with E-state index in [1.807, 2.05) is 0 Å². The normalized spacial score (nSPS) is 14.2. The van der Waals surface area contributed by atoms with Crippen molar-refractivity contribution in [1.82, 2.24) is 3.97 Å². The molecule has 4 aromatic carbocycles. The molecule has 6 rings (SSSR count). The number of hydrogen-bond acceptors (Lipinski definition) is 7. The van der Waals surface area contributed by atoms with Crippen molar-refractivity contribution in [3.05, 3.63) is 101 Å². The summed E-state index contributed by atoms with van der Waals surface area (Å²) >= 11 is 6.09. The molecule has 0 unspecified atom stereocenters. The van der Waals surface area contributed by atoms with Gasteiger partial charge >= 0.3 is 0 Å². The Labute approximate surface area is 252 Å². The number of halogens is 1. The Hall–Kier alpha value is -4.38. The van der Waals surface area contributed by atoms with E-state index >= 15 is 0 Å². The molecule has 2 N–H and O–H groups in total. The summed E-state index contributed by atoms with van der Waals surface area (Å²) in [6, 6.07) is 21.3. The number of ketones is 1. The Kier molecular flexibility index (Phi) is 7.83. The van der Waals surface area contributed by atoms with E-state index in [1.165, 1.54) is 18.3 Å². The van der Waals surface area contributed by atoms with Gasteiger partial charge in [-0.15, -0.1) is 0 Å². The van der Waals surface area contributed by atoms with Crippen molar-refractivity contribution < 1.29 is 32.2 Å². The number of primary amides is 1. The summed E-state index contributed by atoms with van der Waals surface area (Å²) in [5, 5.41) is 2.33. The first-order valence-corrected chi connectivity index (χ1v) is 15.4. The number of benzene rings is 4. The van der Waals surface area contributed by atoms with Crippen LogP contribution in [-0.2, 0) is 14.8 Å². The highest BCUT2D eigenvalue weighted by Crippen LogP contribution is 2.32. The Morgan fingerprint density at radius 2 is 1.70 bits per heavy atom. The maximum atomic E-state index is 13.7. The summed E-state index contributed by atoms with van der Waals surface area (Å²) in [4.78, 5) is 25.9. The minimum Gasteiger partial charge on any atom is -0.490 e. The zero-order valence-electron chi connectivity index (χ0n) is 22.9. The van der Waals surface area contributed by atoms with Crippen molar-refractivity contribution >= 4 is 55.0 Å². The minimum absolute atomic E-state index is 0.0627. The number of carbonyl (C=O) groups is 2. The summed E-state index contributed by atoms with van der Waals surface area (Å²) in [7, 11) is -4.06. The predicted octanol–water partition coefficient (Wildman–Crippen LogP) is 5.60. The maximum absolute atomic E-state index is 13.7. The van der Waals surface area contributed by atoms with Gasteiger partial charge in [-0.1, -0.05) is 35.9 Å². The highest BCUT2D eigenvalue weighted by molar-refractivity contribution is 7.90. The summed E-state index contributed by atoms with van der Waals surface area (Å²) in [5.74, 6) is -0.605. The predicted molar refractivity (Wildman–Crippen MR) is 163 cm³/mol. The van der Waals surface area contributed by atoms with Gasteiger partial charge in [0.15, 0.2) is 6.61 Å². The molecule has 1 aliphatic heterocycles. The van der Waals surface area contributed by atoms with Crippen LogP contribution in [0.25, 0.3) is 21.7 Å². The molecule has 5 aromatic rings. The average Bonchev–Trinajstić information content (AvgIpc) is 3.40. The Balaban J connectivity index is 1.37. The summed E-state index contributed by atoms with van der Waals surface area (Å²) in [5.41, 5.74) is 6.12. The van der Waals surface area contributed by atoms with Crippen molar-refractivity contribution in [3.8, 4) is 11.5 Å². The molecule has 220 valence electrons. The van der Waals surface area contributed by atoms with Crippen molar-refractivity contribution in [1.29, 1.82) is 0 Å². The van der Waals surface area contributed by atoms with Crippen LogP contribution in [0.5, 0.6) is 11.5 Å². The van der Waals surface area contributed by atoms with Crippen molar-refractivity contribution in [3.63, 3.8) is 0 Å². The third-order valence-corrected chi connectivity index (χ3v) is 9.26. The first-order valence-electron chi connectivity index (χ1n) is 13.6. The third-order valence-electron chi connectivity index (χ3n) is 7.34. The first-order chi connectivity index (χ1) is 20.7. The highest BCUT2D eigenvalue weighted by Gasteiger charge is 2.25. The third kappa shape index (κ3) is 5.81. The van der Waals surface area contributed by atoms with Crippen LogP contribution in [0.1, 0.15) is 33.6 Å². The molecule has 0 spiro atoms. The summed E-state index contributed by atoms with van der Waals surface area (Å²) < 4.78 is 45.9. The molecule has 1 aromatic heterocycles. The second-order valence-electron chi connectivity index (χ2n) is 10.2. The fourth-order valence-electron chi connectivity index (χ4n) is 5.15. The lowest BCUT2D eigenvalue weighted by Crippen LogP contribution is -2.25. The van der Waals surface area contributed by atoms with Crippen molar-refractivity contribution in [2.75, 3.05) is 19.8 Å². The van der Waals surface area contributed by atoms with Gasteiger partial charge in [-0.3, -0.25) is 9.59 Å². The number of fused-ring (bicyclic) bond motifs is 2. The molecule has 11 heteroatoms. The van der Waals surface area contributed by atoms with Gasteiger partial charge in [0.05, 0.1) is 29.2 Å². The second-order valence-corrected chi connectivity index (χ2v) is 12.4. The molecule has 1 saturated heterocycles. The second kappa shape index (κ2) is 11.7. The number of carbonyl (C=O) groups excluding carboxylic acids is 2. The average molecular weight is 619 g/mol. The van der Waals surface area contributed by atoms with E-state index in [2.05, 4.69) is 0 Å². The van der Waals surface area contributed by atoms with Gasteiger partial charge in [-0.25, -0.2) is 12.4 Å². The van der Waals surface area contributed by atoms with Gasteiger partial charge in [-0.05, 0) is 59.3 Å². The van der Waals surface area contributed by atoms with Gasteiger partial charge in [0.1, 0.15) is 17.6 Å². The molecule has 0 aliphatic carbocycles. The molecule has 1 amide bonds. The topological polar surface area (TPSA) is 127 Å². The van der Waals surface area contributed by atoms with Crippen molar-refractivity contribution in [2.24, 2.45) is 5.73 Å². The lowest BCUT2D eigenvalue weighted by atomic mass is 10.1. The van der Waals surface area contributed by atoms with Crippen LogP contribution in [-0.4, -0.2) is 50.0 Å². The minimum atomic E-state index is -4.06. The number of rotatable bonds is 9. The van der Waals surface area contributed by atoms with Gasteiger partial charge in [-0.2, -0.15) is 0 Å². The monoisotopic (exact) mass is 618 g/mol. The van der Waals surface area contributed by atoms with Gasteiger partial charge in [0.2, 0.25) is 5.78 Å². The van der Waals surface area contributed by atoms with E-state index in [1.54, 1.807) is 66.7 Å². The number of nitrogens with two attached hydrogens (primary N) is 1. The Bertz CT molecular complexity index is 1970. The molecule has 1 aliphatic rings. The zero-order valence-corrected chi connectivity index (χ0v) is 24.4. The standard InChI is InChI=1S/C32H27ClN2O7S/c33-22-7-6-20-16-31(27(32(34)37)15-21(20)14-22)41-19-30(36)28-18-35(43(38,39)25-4-2-1-3-5-25)29-17-24(8-9-26(28)29)42-23-10-12-40-13-11-23/h1-9,14-18,23H,10-13,19H2,(H2,34,37). The van der Waals surface area contributed by atoms with E-state index in [0.717, 1.165) is 22.2 Å². The van der Waals surface area contributed by atoms with E-state index in [4.69, 9.17) is 31.5 Å². The van der Waals surface area contributed by atoms with Crippen LogP contribution in [0.4, 0.5) is 0 Å². The van der Waals surface area contributed by atoms with Gasteiger partial charge in [0.25, 0.3) is 15.9 Å². The molecular weight excluding hydrogens is 592 g/mol. The number of aromatic nitrogens is 1. The van der Waals surface area contributed by atoms with Crippen molar-refractivity contribution in [2.45, 2.75) is 23.8 Å². The lowest BCUT2D eigenvalue weighted by molar-refractivity contribution is 0.0256. The largest absolute Gasteiger partial charge is 0.490 e. The van der Waals surface area contributed by atoms with Crippen LogP contribution in [0.2, 0.25) is 5.02 Å². The van der Waals surface area contributed by atoms with E-state index in [-0.39, 0.29) is 33.4 Å². The van der Waals surface area contributed by atoms with Crippen LogP contribution in [0.3, 0.4) is 0 Å². The Morgan fingerprint density at radius 1 is 0.930 bits per heavy atom. The van der Waals surface area contributed by atoms with Crippen LogP contribution in [0, 0.1) is 0 Å². The van der Waals surface area contributed by atoms with Crippen LogP contribution in [0.15, 0.2) is 90.0 Å². The zero-order chi connectivity index (χ0) is 30.1. The molecule has 2 heterocycles. The van der Waals surface area contributed by atoms with E-state index in [9.17, 15) is 18.0 Å². The number of ether oxygens (including phenoxy) is 3. The summed E-state index contributed by atoms with van der Waals surface area (Å²) in [6.45, 7) is 0.712. The summed E-state index contributed by atoms with van der Waals surface area (Å²) in [6.07, 6.45) is 2.68. The number of hydrogen-bond donors (Lipinski definition) is 1. The molecule has 43 heavy (non-hydrogen) atoms. The van der Waals surface area contributed by atoms with Crippen LogP contribution >= 0.6 is 11.6 Å². The Morgan fingerprint density at radius 3 is 2.44 bits per heavy atom. The molecule has 9 nitrogen and oxygen atoms in total. The number of amides is 1. The smallest absolute Gasteiger partial charge is 0.268 e. The number of nitrogens with zero attached hydrogens (tertiary/aromatic N) is 1. The first kappa shape index (κ1) is 28.7. The molecule has 0 radical (unpaired) electrons.